The number of anilines is 1. The largest absolute Gasteiger partial charge is 0.494 e. The number of rotatable bonds is 10. The van der Waals surface area contributed by atoms with Gasteiger partial charge in [-0.15, -0.1) is 0 Å². The van der Waals surface area contributed by atoms with Crippen LogP contribution >= 0.6 is 11.6 Å². The zero-order valence-electron chi connectivity index (χ0n) is 16.1. The van der Waals surface area contributed by atoms with Gasteiger partial charge >= 0.3 is 5.97 Å². The second kappa shape index (κ2) is 11.7. The van der Waals surface area contributed by atoms with E-state index in [1.165, 1.54) is 0 Å². The highest BCUT2D eigenvalue weighted by Crippen LogP contribution is 2.20. The van der Waals surface area contributed by atoms with Gasteiger partial charge in [-0.1, -0.05) is 37.1 Å². The van der Waals surface area contributed by atoms with Gasteiger partial charge in [-0.05, 0) is 42.8 Å². The summed E-state index contributed by atoms with van der Waals surface area (Å²) >= 11 is 5.94. The Bertz CT molecular complexity index is 839. The van der Waals surface area contributed by atoms with E-state index in [0.717, 1.165) is 12.8 Å². The molecule has 2 amide bonds. The maximum absolute atomic E-state index is 12.1. The number of para-hydroxylation sites is 1. The predicted molar refractivity (Wildman–Crippen MR) is 110 cm³/mol. The van der Waals surface area contributed by atoms with Crippen LogP contribution in [0.4, 0.5) is 5.69 Å². The number of carbonyl (C=O) groups excluding carboxylic acids is 3. The summed E-state index contributed by atoms with van der Waals surface area (Å²) in [5.41, 5.74) is 0.808. The quantitative estimate of drug-likeness (QED) is 0.455. The number of unbranched alkanes of at least 4 members (excludes halogenated alkanes) is 1. The van der Waals surface area contributed by atoms with Crippen molar-refractivity contribution >= 4 is 35.1 Å². The van der Waals surface area contributed by atoms with Gasteiger partial charge in [0.1, 0.15) is 12.3 Å². The molecule has 8 heteroatoms. The fourth-order valence-electron chi connectivity index (χ4n) is 2.24. The number of benzene rings is 2. The highest BCUT2D eigenvalue weighted by Gasteiger charge is 2.12. The molecule has 2 aromatic carbocycles. The van der Waals surface area contributed by atoms with E-state index in [4.69, 9.17) is 21.1 Å². The first-order valence-electron chi connectivity index (χ1n) is 9.20. The monoisotopic (exact) mass is 418 g/mol. The summed E-state index contributed by atoms with van der Waals surface area (Å²) < 4.78 is 10.4. The summed E-state index contributed by atoms with van der Waals surface area (Å²) in [4.78, 5) is 35.6. The highest BCUT2D eigenvalue weighted by atomic mass is 35.5. The molecule has 7 nitrogen and oxygen atoms in total. The third-order valence-electron chi connectivity index (χ3n) is 3.79. The molecule has 0 atom stereocenters. The van der Waals surface area contributed by atoms with Crippen LogP contribution in [0.15, 0.2) is 48.5 Å². The van der Waals surface area contributed by atoms with Gasteiger partial charge in [0.25, 0.3) is 11.8 Å². The van der Waals surface area contributed by atoms with Crippen LogP contribution in [0.5, 0.6) is 5.75 Å². The molecule has 0 saturated heterocycles. The number of amides is 2. The molecule has 0 bridgehead atoms. The van der Waals surface area contributed by atoms with Crippen LogP contribution in [-0.2, 0) is 14.3 Å². The van der Waals surface area contributed by atoms with Crippen molar-refractivity contribution in [2.24, 2.45) is 0 Å². The van der Waals surface area contributed by atoms with Crippen LogP contribution in [0, 0.1) is 0 Å². The summed E-state index contributed by atoms with van der Waals surface area (Å²) in [7, 11) is 0. The van der Waals surface area contributed by atoms with Crippen molar-refractivity contribution in [3.05, 3.63) is 59.1 Å². The van der Waals surface area contributed by atoms with Gasteiger partial charge in [-0.25, -0.2) is 0 Å². The Morgan fingerprint density at radius 3 is 2.45 bits per heavy atom. The van der Waals surface area contributed by atoms with Crippen LogP contribution in [0.3, 0.4) is 0 Å². The summed E-state index contributed by atoms with van der Waals surface area (Å²) in [6.07, 6.45) is 2.00. The van der Waals surface area contributed by atoms with Crippen molar-refractivity contribution in [3.8, 4) is 5.75 Å². The van der Waals surface area contributed by atoms with E-state index in [9.17, 15) is 14.4 Å². The number of esters is 1. The molecule has 0 heterocycles. The van der Waals surface area contributed by atoms with Crippen LogP contribution in [0.25, 0.3) is 0 Å². The Morgan fingerprint density at radius 1 is 1.03 bits per heavy atom. The molecular weight excluding hydrogens is 396 g/mol. The SMILES string of the molecule is CCCCOc1ccc(C(=O)NCC(=O)OCC(=O)Nc2ccccc2Cl)cc1. The molecule has 0 aromatic heterocycles. The summed E-state index contributed by atoms with van der Waals surface area (Å²) in [5, 5.41) is 5.35. The van der Waals surface area contributed by atoms with Crippen LogP contribution in [0.2, 0.25) is 5.02 Å². The van der Waals surface area contributed by atoms with Gasteiger partial charge in [0, 0.05) is 5.56 Å². The molecule has 0 saturated carbocycles. The number of nitrogens with one attached hydrogen (secondary N) is 2. The smallest absolute Gasteiger partial charge is 0.325 e. The molecule has 154 valence electrons. The van der Waals surface area contributed by atoms with Gasteiger partial charge in [0.15, 0.2) is 6.61 Å². The highest BCUT2D eigenvalue weighted by molar-refractivity contribution is 6.33. The first kappa shape index (κ1) is 22.2. The number of carbonyl (C=O) groups is 3. The molecule has 0 radical (unpaired) electrons. The van der Waals surface area contributed by atoms with Crippen LogP contribution < -0.4 is 15.4 Å². The minimum atomic E-state index is -0.729. The Labute approximate surface area is 174 Å². The van der Waals surface area contributed by atoms with E-state index in [2.05, 4.69) is 17.6 Å². The van der Waals surface area contributed by atoms with E-state index in [-0.39, 0.29) is 6.54 Å². The van der Waals surface area contributed by atoms with E-state index in [0.29, 0.717) is 28.6 Å². The second-order valence-corrected chi connectivity index (χ2v) is 6.50. The van der Waals surface area contributed by atoms with Crippen molar-refractivity contribution < 1.29 is 23.9 Å². The molecule has 2 aromatic rings. The van der Waals surface area contributed by atoms with E-state index in [1.54, 1.807) is 48.5 Å². The molecule has 0 fully saturated rings. The van der Waals surface area contributed by atoms with Gasteiger partial charge in [-0.2, -0.15) is 0 Å². The lowest BCUT2D eigenvalue weighted by Gasteiger charge is -2.09. The van der Waals surface area contributed by atoms with Crippen molar-refractivity contribution in [2.75, 3.05) is 25.1 Å². The van der Waals surface area contributed by atoms with Gasteiger partial charge in [0.05, 0.1) is 17.3 Å². The second-order valence-electron chi connectivity index (χ2n) is 6.10. The summed E-state index contributed by atoms with van der Waals surface area (Å²) in [6, 6.07) is 13.3. The van der Waals surface area contributed by atoms with Gasteiger partial charge in [0.2, 0.25) is 0 Å². The Kier molecular flexibility index (Phi) is 8.98. The molecular formula is C21H23ClN2O5. The third kappa shape index (κ3) is 7.83. The van der Waals surface area contributed by atoms with Crippen molar-refractivity contribution in [1.82, 2.24) is 5.32 Å². The van der Waals surface area contributed by atoms with Crippen LogP contribution in [-0.4, -0.2) is 37.5 Å². The fraction of sp³-hybridized carbons (Fsp3) is 0.286. The van der Waals surface area contributed by atoms with Gasteiger partial charge in [-0.3, -0.25) is 14.4 Å². The Hall–Kier alpha value is -3.06. The summed E-state index contributed by atoms with van der Waals surface area (Å²) in [6.45, 7) is 1.86. The fourth-order valence-corrected chi connectivity index (χ4v) is 2.42. The van der Waals surface area contributed by atoms with Gasteiger partial charge < -0.3 is 20.1 Å². The number of hydrogen-bond acceptors (Lipinski definition) is 5. The number of hydrogen-bond donors (Lipinski definition) is 2. The Morgan fingerprint density at radius 2 is 1.76 bits per heavy atom. The normalized spacial score (nSPS) is 10.1. The molecule has 0 spiro atoms. The zero-order chi connectivity index (χ0) is 21.1. The Balaban J connectivity index is 1.70. The lowest BCUT2D eigenvalue weighted by atomic mass is 10.2. The average molecular weight is 419 g/mol. The van der Waals surface area contributed by atoms with Crippen molar-refractivity contribution in [2.45, 2.75) is 19.8 Å². The van der Waals surface area contributed by atoms with E-state index >= 15 is 0 Å². The van der Waals surface area contributed by atoms with Crippen LogP contribution in [0.1, 0.15) is 30.1 Å². The maximum Gasteiger partial charge on any atom is 0.325 e. The molecule has 29 heavy (non-hydrogen) atoms. The molecule has 2 N–H and O–H groups in total. The molecule has 2 rings (SSSR count). The standard InChI is InChI=1S/C21H23ClN2O5/c1-2-3-12-28-16-10-8-15(9-11-16)21(27)23-13-20(26)29-14-19(25)24-18-7-5-4-6-17(18)22/h4-11H,2-3,12-14H2,1H3,(H,23,27)(H,24,25). The van der Waals surface area contributed by atoms with Crippen molar-refractivity contribution in [1.29, 1.82) is 0 Å². The lowest BCUT2D eigenvalue weighted by Crippen LogP contribution is -2.32. The average Bonchev–Trinajstić information content (AvgIpc) is 2.73. The molecule has 0 unspecified atom stereocenters. The topological polar surface area (TPSA) is 93.7 Å². The maximum atomic E-state index is 12.1. The first-order valence-corrected chi connectivity index (χ1v) is 9.58. The third-order valence-corrected chi connectivity index (χ3v) is 4.12. The minimum Gasteiger partial charge on any atom is -0.494 e. The number of halogens is 1. The first-order chi connectivity index (χ1) is 14.0. The number of ether oxygens (including phenoxy) is 2. The van der Waals surface area contributed by atoms with Crippen molar-refractivity contribution in [3.63, 3.8) is 0 Å². The summed E-state index contributed by atoms with van der Waals surface area (Å²) in [5.74, 6) is -1.01. The lowest BCUT2D eigenvalue weighted by molar-refractivity contribution is -0.146. The van der Waals surface area contributed by atoms with E-state index < -0.39 is 24.4 Å². The molecule has 0 aliphatic heterocycles. The minimum absolute atomic E-state index is 0.354. The predicted octanol–water partition coefficient (Wildman–Crippen LogP) is 3.43. The van der Waals surface area contributed by atoms with E-state index in [1.807, 2.05) is 0 Å². The zero-order valence-corrected chi connectivity index (χ0v) is 16.8. The molecule has 0 aliphatic carbocycles. The molecule has 0 aliphatic rings.